The second-order valence-corrected chi connectivity index (χ2v) is 5.62. The number of alkyl halides is 3. The van der Waals surface area contributed by atoms with Crippen LogP contribution in [0.1, 0.15) is 30.0 Å². The molecule has 1 N–H and O–H groups in total. The average Bonchev–Trinajstić information content (AvgIpc) is 2.55. The lowest BCUT2D eigenvalue weighted by atomic mass is 9.97. The van der Waals surface area contributed by atoms with E-state index in [0.29, 0.717) is 5.75 Å². The molecule has 25 heavy (non-hydrogen) atoms. The lowest BCUT2D eigenvalue weighted by Gasteiger charge is -2.36. The fourth-order valence-corrected chi connectivity index (χ4v) is 2.97. The Balaban J connectivity index is 0.00000288. The SMILES string of the molecule is C=CCC[C@H](c1ccc(C(F)(F)F)cc1OC)N1CCNCC1.Cl.Cl. The van der Waals surface area contributed by atoms with Gasteiger partial charge in [0, 0.05) is 37.8 Å². The highest BCUT2D eigenvalue weighted by molar-refractivity contribution is 5.85. The Morgan fingerprint density at radius 1 is 1.28 bits per heavy atom. The molecule has 144 valence electrons. The first-order valence-electron chi connectivity index (χ1n) is 7.78. The predicted molar refractivity (Wildman–Crippen MR) is 99.1 cm³/mol. The Labute approximate surface area is 159 Å². The summed E-state index contributed by atoms with van der Waals surface area (Å²) in [5, 5.41) is 3.29. The molecule has 1 aliphatic heterocycles. The summed E-state index contributed by atoms with van der Waals surface area (Å²) >= 11 is 0. The second kappa shape index (κ2) is 10.9. The van der Waals surface area contributed by atoms with Gasteiger partial charge in [-0.3, -0.25) is 4.90 Å². The summed E-state index contributed by atoms with van der Waals surface area (Å²) in [5.41, 5.74) is 0.130. The van der Waals surface area contributed by atoms with Gasteiger partial charge in [-0.1, -0.05) is 12.1 Å². The van der Waals surface area contributed by atoms with Gasteiger partial charge in [-0.05, 0) is 25.0 Å². The molecule has 8 heteroatoms. The van der Waals surface area contributed by atoms with Crippen LogP contribution in [0.5, 0.6) is 5.75 Å². The van der Waals surface area contributed by atoms with Crippen LogP contribution in [-0.4, -0.2) is 38.2 Å². The summed E-state index contributed by atoms with van der Waals surface area (Å²) < 4.78 is 44.0. The molecule has 0 saturated carbocycles. The van der Waals surface area contributed by atoms with E-state index in [1.54, 1.807) is 6.07 Å². The molecule has 0 aromatic heterocycles. The first-order chi connectivity index (χ1) is 11.0. The minimum atomic E-state index is -4.36. The average molecular weight is 401 g/mol. The van der Waals surface area contributed by atoms with Gasteiger partial charge in [-0.25, -0.2) is 0 Å². The summed E-state index contributed by atoms with van der Waals surface area (Å²) in [4.78, 5) is 2.30. The highest BCUT2D eigenvalue weighted by atomic mass is 35.5. The van der Waals surface area contributed by atoms with Crippen molar-refractivity contribution >= 4 is 24.8 Å². The van der Waals surface area contributed by atoms with Gasteiger partial charge >= 0.3 is 6.18 Å². The molecule has 0 spiro atoms. The van der Waals surface area contributed by atoms with Crippen molar-refractivity contribution in [3.05, 3.63) is 42.0 Å². The summed E-state index contributed by atoms with van der Waals surface area (Å²) in [6, 6.07) is 3.82. The van der Waals surface area contributed by atoms with Crippen molar-refractivity contribution in [1.29, 1.82) is 0 Å². The van der Waals surface area contributed by atoms with E-state index in [4.69, 9.17) is 4.74 Å². The molecular weight excluding hydrogens is 376 g/mol. The van der Waals surface area contributed by atoms with Crippen molar-refractivity contribution in [2.24, 2.45) is 0 Å². The maximum atomic E-state index is 12.9. The number of hydrogen-bond acceptors (Lipinski definition) is 3. The minimum absolute atomic E-state index is 0. The number of ether oxygens (including phenoxy) is 1. The molecular formula is C17H25Cl2F3N2O. The van der Waals surface area contributed by atoms with Crippen LogP contribution in [0.2, 0.25) is 0 Å². The highest BCUT2D eigenvalue weighted by Crippen LogP contribution is 2.38. The Morgan fingerprint density at radius 2 is 1.92 bits per heavy atom. The van der Waals surface area contributed by atoms with E-state index in [1.165, 1.54) is 7.11 Å². The van der Waals surface area contributed by atoms with Crippen molar-refractivity contribution < 1.29 is 17.9 Å². The number of methoxy groups -OCH3 is 1. The monoisotopic (exact) mass is 400 g/mol. The number of halogens is 5. The van der Waals surface area contributed by atoms with Crippen molar-refractivity contribution in [2.45, 2.75) is 25.1 Å². The number of piperazine rings is 1. The largest absolute Gasteiger partial charge is 0.496 e. The minimum Gasteiger partial charge on any atom is -0.496 e. The molecule has 1 fully saturated rings. The van der Waals surface area contributed by atoms with E-state index in [1.807, 2.05) is 6.08 Å². The lowest BCUT2D eigenvalue weighted by Crippen LogP contribution is -2.45. The number of nitrogens with zero attached hydrogens (tertiary/aromatic N) is 1. The van der Waals surface area contributed by atoms with Gasteiger partial charge < -0.3 is 10.1 Å². The maximum Gasteiger partial charge on any atom is 0.416 e. The van der Waals surface area contributed by atoms with Gasteiger partial charge in [0.1, 0.15) is 5.75 Å². The lowest BCUT2D eigenvalue weighted by molar-refractivity contribution is -0.137. The molecule has 1 atom stereocenters. The van der Waals surface area contributed by atoms with E-state index in [0.717, 1.165) is 56.7 Å². The number of allylic oxidation sites excluding steroid dienone is 1. The molecule has 0 unspecified atom stereocenters. The Hall–Kier alpha value is -0.950. The molecule has 0 aliphatic carbocycles. The topological polar surface area (TPSA) is 24.5 Å². The van der Waals surface area contributed by atoms with Gasteiger partial charge in [-0.2, -0.15) is 13.2 Å². The van der Waals surface area contributed by atoms with Crippen molar-refractivity contribution in [3.63, 3.8) is 0 Å². The number of nitrogens with one attached hydrogen (secondary N) is 1. The van der Waals surface area contributed by atoms with Gasteiger partial charge in [0.2, 0.25) is 0 Å². The standard InChI is InChI=1S/C17H23F3N2O.2ClH/c1-3-4-5-15(22-10-8-21-9-11-22)14-7-6-13(17(18,19)20)12-16(14)23-2;;/h3,6-7,12,15,21H,1,4-5,8-11H2,2H3;2*1H/t15-;;/m1../s1. The van der Waals surface area contributed by atoms with Crippen LogP contribution >= 0.6 is 24.8 Å². The van der Waals surface area contributed by atoms with Crippen LogP contribution in [0, 0.1) is 0 Å². The number of rotatable bonds is 6. The summed E-state index contributed by atoms with van der Waals surface area (Å²) in [6.07, 6.45) is -0.910. The molecule has 2 rings (SSSR count). The van der Waals surface area contributed by atoms with E-state index in [9.17, 15) is 13.2 Å². The van der Waals surface area contributed by atoms with Crippen LogP contribution in [-0.2, 0) is 6.18 Å². The van der Waals surface area contributed by atoms with Crippen molar-refractivity contribution in [3.8, 4) is 5.75 Å². The summed E-state index contributed by atoms with van der Waals surface area (Å²) in [7, 11) is 1.42. The van der Waals surface area contributed by atoms with E-state index < -0.39 is 11.7 Å². The van der Waals surface area contributed by atoms with Gasteiger partial charge in [-0.15, -0.1) is 31.4 Å². The van der Waals surface area contributed by atoms with Gasteiger partial charge in [0.25, 0.3) is 0 Å². The third-order valence-electron chi connectivity index (χ3n) is 4.16. The fraction of sp³-hybridized carbons (Fsp3) is 0.529. The van der Waals surface area contributed by atoms with E-state index in [2.05, 4.69) is 16.8 Å². The molecule has 1 aliphatic rings. The smallest absolute Gasteiger partial charge is 0.416 e. The third-order valence-corrected chi connectivity index (χ3v) is 4.16. The quantitative estimate of drug-likeness (QED) is 0.712. The zero-order chi connectivity index (χ0) is 16.9. The molecule has 3 nitrogen and oxygen atoms in total. The van der Waals surface area contributed by atoms with Crippen LogP contribution in [0.4, 0.5) is 13.2 Å². The Bertz CT molecular complexity index is 535. The molecule has 0 bridgehead atoms. The van der Waals surface area contributed by atoms with E-state index >= 15 is 0 Å². The second-order valence-electron chi connectivity index (χ2n) is 5.62. The first-order valence-corrected chi connectivity index (χ1v) is 7.78. The van der Waals surface area contributed by atoms with Crippen LogP contribution in [0.3, 0.4) is 0 Å². The number of hydrogen-bond donors (Lipinski definition) is 1. The maximum absolute atomic E-state index is 12.9. The first kappa shape index (κ1) is 24.1. The fourth-order valence-electron chi connectivity index (χ4n) is 2.97. The molecule has 0 amide bonds. The summed E-state index contributed by atoms with van der Waals surface area (Å²) in [6.45, 7) is 7.25. The molecule has 0 radical (unpaired) electrons. The van der Waals surface area contributed by atoms with Gasteiger partial charge in [0.05, 0.1) is 12.7 Å². The zero-order valence-corrected chi connectivity index (χ0v) is 15.8. The predicted octanol–water partition coefficient (Wildman–Crippen LogP) is 4.47. The van der Waals surface area contributed by atoms with Crippen LogP contribution in [0.25, 0.3) is 0 Å². The van der Waals surface area contributed by atoms with Gasteiger partial charge in [0.15, 0.2) is 0 Å². The van der Waals surface area contributed by atoms with Crippen LogP contribution in [0.15, 0.2) is 30.9 Å². The van der Waals surface area contributed by atoms with Crippen molar-refractivity contribution in [2.75, 3.05) is 33.3 Å². The van der Waals surface area contributed by atoms with E-state index in [-0.39, 0.29) is 30.9 Å². The summed E-state index contributed by atoms with van der Waals surface area (Å²) in [5.74, 6) is 0.299. The van der Waals surface area contributed by atoms with Crippen LogP contribution < -0.4 is 10.1 Å². The third kappa shape index (κ3) is 6.37. The zero-order valence-electron chi connectivity index (χ0n) is 14.1. The number of benzene rings is 1. The molecule has 1 aromatic rings. The highest BCUT2D eigenvalue weighted by Gasteiger charge is 2.32. The Kier molecular flexibility index (Phi) is 10.5. The normalized spacial score (nSPS) is 16.3. The Morgan fingerprint density at radius 3 is 2.44 bits per heavy atom. The van der Waals surface area contributed by atoms with Crippen molar-refractivity contribution in [1.82, 2.24) is 10.2 Å². The molecule has 1 heterocycles. The molecule has 1 saturated heterocycles. The molecule has 1 aromatic carbocycles.